The minimum Gasteiger partial charge on any atom is -0.387 e. The lowest BCUT2D eigenvalue weighted by Gasteiger charge is -2.33. The molecule has 5 heteroatoms. The molecule has 1 aliphatic carbocycles. The molecule has 0 spiro atoms. The minimum atomic E-state index is -0.0614. The van der Waals surface area contributed by atoms with E-state index in [-0.39, 0.29) is 11.8 Å². The van der Waals surface area contributed by atoms with E-state index < -0.39 is 0 Å². The molecule has 1 aliphatic heterocycles. The van der Waals surface area contributed by atoms with Crippen LogP contribution in [0, 0.1) is 11.8 Å². The normalized spacial score (nSPS) is 23.8. The number of carbonyl (C=O) groups excluding carboxylic acids is 1. The SMILES string of the molecule is O=C(Nc1cc(Cl)ccc1Cl)C1CNC2=CC=CCC2C1. The Hall–Kier alpha value is -1.45. The second-order valence-corrected chi connectivity index (χ2v) is 6.25. The number of carbonyl (C=O) groups is 1. The Bertz CT molecular complexity index is 625. The highest BCUT2D eigenvalue weighted by Gasteiger charge is 2.30. The van der Waals surface area contributed by atoms with E-state index in [2.05, 4.69) is 28.9 Å². The maximum Gasteiger partial charge on any atom is 0.229 e. The van der Waals surface area contributed by atoms with Crippen molar-refractivity contribution in [3.8, 4) is 0 Å². The summed E-state index contributed by atoms with van der Waals surface area (Å²) in [6, 6.07) is 5.06. The molecule has 2 N–H and O–H groups in total. The van der Waals surface area contributed by atoms with Crippen molar-refractivity contribution < 1.29 is 4.79 Å². The van der Waals surface area contributed by atoms with Gasteiger partial charge in [0.2, 0.25) is 5.91 Å². The molecule has 3 rings (SSSR count). The van der Waals surface area contributed by atoms with E-state index in [9.17, 15) is 4.79 Å². The van der Waals surface area contributed by atoms with Gasteiger partial charge >= 0.3 is 0 Å². The zero-order valence-corrected chi connectivity index (χ0v) is 12.9. The summed E-state index contributed by atoms with van der Waals surface area (Å²) in [7, 11) is 0. The van der Waals surface area contributed by atoms with Crippen molar-refractivity contribution in [1.29, 1.82) is 0 Å². The molecule has 2 aliphatic rings. The van der Waals surface area contributed by atoms with Crippen LogP contribution in [0.25, 0.3) is 0 Å². The van der Waals surface area contributed by atoms with Crippen LogP contribution in [-0.4, -0.2) is 12.5 Å². The number of amides is 1. The van der Waals surface area contributed by atoms with E-state index in [1.165, 1.54) is 5.70 Å². The second kappa shape index (κ2) is 6.12. The summed E-state index contributed by atoms with van der Waals surface area (Å²) in [5, 5.41) is 7.29. The van der Waals surface area contributed by atoms with Crippen molar-refractivity contribution in [3.05, 3.63) is 52.2 Å². The van der Waals surface area contributed by atoms with Gasteiger partial charge in [-0.1, -0.05) is 35.4 Å². The first-order valence-electron chi connectivity index (χ1n) is 7.00. The smallest absolute Gasteiger partial charge is 0.229 e. The van der Waals surface area contributed by atoms with Crippen molar-refractivity contribution in [2.75, 3.05) is 11.9 Å². The molecule has 3 nitrogen and oxygen atoms in total. The zero-order valence-electron chi connectivity index (χ0n) is 11.4. The standard InChI is InChI=1S/C16H16Cl2N2O/c17-12-5-6-13(18)15(8-12)20-16(21)11-7-10-3-1-2-4-14(10)19-9-11/h1-2,4-6,8,10-11,19H,3,7,9H2,(H,20,21). The lowest BCUT2D eigenvalue weighted by molar-refractivity contribution is -0.120. The maximum atomic E-state index is 12.4. The maximum absolute atomic E-state index is 12.4. The predicted octanol–water partition coefficient (Wildman–Crippen LogP) is 4.00. The fraction of sp³-hybridized carbons (Fsp3) is 0.312. The molecule has 2 unspecified atom stereocenters. The van der Waals surface area contributed by atoms with E-state index >= 15 is 0 Å². The monoisotopic (exact) mass is 322 g/mol. The quantitative estimate of drug-likeness (QED) is 0.864. The lowest BCUT2D eigenvalue weighted by atomic mass is 9.83. The first kappa shape index (κ1) is 14.5. The van der Waals surface area contributed by atoms with Gasteiger partial charge in [0.05, 0.1) is 16.6 Å². The molecule has 1 aromatic rings. The predicted molar refractivity (Wildman–Crippen MR) is 86.5 cm³/mol. The van der Waals surface area contributed by atoms with Gasteiger partial charge in [0.15, 0.2) is 0 Å². The van der Waals surface area contributed by atoms with Crippen LogP contribution < -0.4 is 10.6 Å². The van der Waals surface area contributed by atoms with Crippen molar-refractivity contribution in [2.45, 2.75) is 12.8 Å². The highest BCUT2D eigenvalue weighted by Crippen LogP contribution is 2.31. The van der Waals surface area contributed by atoms with E-state index in [1.54, 1.807) is 18.2 Å². The Labute approximate surface area is 134 Å². The Morgan fingerprint density at radius 2 is 2.19 bits per heavy atom. The number of halogens is 2. The molecule has 1 fully saturated rings. The molecule has 1 heterocycles. The topological polar surface area (TPSA) is 41.1 Å². The summed E-state index contributed by atoms with van der Waals surface area (Å²) < 4.78 is 0. The Morgan fingerprint density at radius 1 is 1.33 bits per heavy atom. The van der Waals surface area contributed by atoms with Crippen LogP contribution in [0.15, 0.2) is 42.1 Å². The summed E-state index contributed by atoms with van der Waals surface area (Å²) in [5.74, 6) is 0.336. The van der Waals surface area contributed by atoms with Crippen LogP contribution >= 0.6 is 23.2 Å². The van der Waals surface area contributed by atoms with Crippen LogP contribution in [-0.2, 0) is 4.79 Å². The van der Waals surface area contributed by atoms with Gasteiger partial charge in [0, 0.05) is 23.2 Å². The Kier molecular flexibility index (Phi) is 4.22. The van der Waals surface area contributed by atoms with E-state index in [4.69, 9.17) is 23.2 Å². The van der Waals surface area contributed by atoms with Crippen molar-refractivity contribution in [3.63, 3.8) is 0 Å². The van der Waals surface area contributed by atoms with Gasteiger partial charge in [-0.25, -0.2) is 0 Å². The summed E-state index contributed by atoms with van der Waals surface area (Å²) in [6.07, 6.45) is 8.14. The molecular formula is C16H16Cl2N2O. The zero-order chi connectivity index (χ0) is 14.8. The first-order valence-corrected chi connectivity index (χ1v) is 7.75. The van der Waals surface area contributed by atoms with Gasteiger partial charge in [0.1, 0.15) is 0 Å². The fourth-order valence-electron chi connectivity index (χ4n) is 2.80. The van der Waals surface area contributed by atoms with E-state index in [1.807, 2.05) is 0 Å². The number of fused-ring (bicyclic) bond motifs is 1. The first-order chi connectivity index (χ1) is 10.1. The molecule has 0 aromatic heterocycles. The number of piperidine rings is 1. The van der Waals surface area contributed by atoms with Gasteiger partial charge < -0.3 is 10.6 Å². The average molecular weight is 323 g/mol. The summed E-state index contributed by atoms with van der Waals surface area (Å²) in [6.45, 7) is 0.653. The van der Waals surface area contributed by atoms with Gasteiger partial charge in [-0.15, -0.1) is 0 Å². The fourth-order valence-corrected chi connectivity index (χ4v) is 3.14. The number of hydrogen-bond donors (Lipinski definition) is 2. The summed E-state index contributed by atoms with van der Waals surface area (Å²) in [4.78, 5) is 12.4. The summed E-state index contributed by atoms with van der Waals surface area (Å²) in [5.41, 5.74) is 1.81. The third-order valence-electron chi connectivity index (χ3n) is 3.95. The highest BCUT2D eigenvalue weighted by atomic mass is 35.5. The van der Waals surface area contributed by atoms with Gasteiger partial charge in [-0.2, -0.15) is 0 Å². The van der Waals surface area contributed by atoms with Gasteiger partial charge in [-0.3, -0.25) is 4.79 Å². The van der Waals surface area contributed by atoms with Crippen molar-refractivity contribution >= 4 is 34.8 Å². The number of rotatable bonds is 2. The van der Waals surface area contributed by atoms with Gasteiger partial charge in [-0.05, 0) is 37.1 Å². The molecular weight excluding hydrogens is 307 g/mol. The largest absolute Gasteiger partial charge is 0.387 e. The number of hydrogen-bond acceptors (Lipinski definition) is 2. The lowest BCUT2D eigenvalue weighted by Crippen LogP contribution is -2.40. The molecule has 2 atom stereocenters. The van der Waals surface area contributed by atoms with Crippen LogP contribution in [0.3, 0.4) is 0 Å². The third-order valence-corrected chi connectivity index (χ3v) is 4.52. The number of anilines is 1. The average Bonchev–Trinajstić information content (AvgIpc) is 2.50. The Balaban J connectivity index is 1.67. The van der Waals surface area contributed by atoms with Crippen molar-refractivity contribution in [1.82, 2.24) is 5.32 Å². The van der Waals surface area contributed by atoms with Crippen LogP contribution in [0.1, 0.15) is 12.8 Å². The Morgan fingerprint density at radius 3 is 3.05 bits per heavy atom. The second-order valence-electron chi connectivity index (χ2n) is 5.41. The molecule has 0 radical (unpaired) electrons. The third kappa shape index (κ3) is 3.25. The molecule has 21 heavy (non-hydrogen) atoms. The minimum absolute atomic E-state index is 0.0136. The molecule has 110 valence electrons. The van der Waals surface area contributed by atoms with Crippen LogP contribution in [0.4, 0.5) is 5.69 Å². The van der Waals surface area contributed by atoms with E-state index in [0.717, 1.165) is 12.8 Å². The molecule has 0 saturated carbocycles. The number of nitrogens with one attached hydrogen (secondary N) is 2. The molecule has 1 saturated heterocycles. The highest BCUT2D eigenvalue weighted by molar-refractivity contribution is 6.35. The van der Waals surface area contributed by atoms with Crippen molar-refractivity contribution in [2.24, 2.45) is 11.8 Å². The van der Waals surface area contributed by atoms with E-state index in [0.29, 0.717) is 28.2 Å². The van der Waals surface area contributed by atoms with Crippen LogP contribution in [0.2, 0.25) is 10.0 Å². The molecule has 1 aromatic carbocycles. The molecule has 0 bridgehead atoms. The van der Waals surface area contributed by atoms with Gasteiger partial charge in [0.25, 0.3) is 0 Å². The molecule has 1 amide bonds. The van der Waals surface area contributed by atoms with Crippen LogP contribution in [0.5, 0.6) is 0 Å². The number of benzene rings is 1. The summed E-state index contributed by atoms with van der Waals surface area (Å²) >= 11 is 12.0. The number of allylic oxidation sites excluding steroid dienone is 4.